The van der Waals surface area contributed by atoms with Gasteiger partial charge in [-0.3, -0.25) is 9.52 Å². The van der Waals surface area contributed by atoms with Crippen molar-refractivity contribution in [3.05, 3.63) is 45.6 Å². The molecule has 2 aromatic rings. The van der Waals surface area contributed by atoms with Gasteiger partial charge in [0.05, 0.1) is 0 Å². The average Bonchev–Trinajstić information content (AvgIpc) is 2.69. The van der Waals surface area contributed by atoms with Crippen LogP contribution in [0.3, 0.4) is 0 Å². The van der Waals surface area contributed by atoms with E-state index >= 15 is 0 Å². The first-order valence-corrected chi connectivity index (χ1v) is 8.09. The van der Waals surface area contributed by atoms with Crippen LogP contribution in [-0.2, 0) is 10.0 Å². The Morgan fingerprint density at radius 2 is 1.95 bits per heavy atom. The van der Waals surface area contributed by atoms with Crippen LogP contribution in [0.15, 0.2) is 35.2 Å². The highest BCUT2D eigenvalue weighted by Gasteiger charge is 2.19. The summed E-state index contributed by atoms with van der Waals surface area (Å²) in [4.78, 5) is 13.0. The molecule has 0 aliphatic rings. The van der Waals surface area contributed by atoms with Crippen molar-refractivity contribution in [3.63, 3.8) is 0 Å². The Balaban J connectivity index is 2.36. The van der Waals surface area contributed by atoms with Crippen molar-refractivity contribution >= 4 is 33.0 Å². The molecular weight excluding hydrogens is 296 g/mol. The molecule has 106 valence electrons. The molecule has 0 saturated heterocycles. The molecule has 0 spiro atoms. The molecule has 1 aromatic heterocycles. The number of carbonyl (C=O) groups is 1. The summed E-state index contributed by atoms with van der Waals surface area (Å²) in [7, 11) is -3.66. The van der Waals surface area contributed by atoms with E-state index in [4.69, 9.17) is 5.73 Å². The summed E-state index contributed by atoms with van der Waals surface area (Å²) in [6.07, 6.45) is 0. The Labute approximate surface area is 121 Å². The quantitative estimate of drug-likeness (QED) is 0.907. The number of anilines is 1. The molecule has 0 atom stereocenters. The lowest BCUT2D eigenvalue weighted by atomic mass is 10.2. The molecule has 0 fully saturated rings. The fourth-order valence-corrected chi connectivity index (χ4v) is 4.43. The molecule has 2 rings (SSSR count). The average molecular weight is 310 g/mol. The highest BCUT2D eigenvalue weighted by atomic mass is 32.2. The number of sulfonamides is 1. The normalized spacial score (nSPS) is 11.3. The Hall–Kier alpha value is -1.86. The van der Waals surface area contributed by atoms with Gasteiger partial charge < -0.3 is 5.73 Å². The number of aryl methyl sites for hydroxylation is 2. The molecule has 0 aliphatic carbocycles. The summed E-state index contributed by atoms with van der Waals surface area (Å²) in [6.45, 7) is 3.61. The number of carbonyl (C=O) groups excluding carboxylic acids is 1. The third kappa shape index (κ3) is 3.00. The highest BCUT2D eigenvalue weighted by molar-refractivity contribution is 7.93. The number of hydrogen-bond donors (Lipinski definition) is 2. The summed E-state index contributed by atoms with van der Waals surface area (Å²) in [5, 5.41) is 0. The standard InChI is InChI=1S/C13H14N2O3S2/c1-8-6-12(9(2)19-8)20(17,18)15-11-5-3-4-10(7-11)13(14)16/h3-7,15H,1-2H3,(H2,14,16). The fraction of sp³-hybridized carbons (Fsp3) is 0.154. The molecule has 1 aromatic carbocycles. The van der Waals surface area contributed by atoms with Gasteiger partial charge >= 0.3 is 0 Å². The van der Waals surface area contributed by atoms with E-state index in [-0.39, 0.29) is 10.5 Å². The van der Waals surface area contributed by atoms with Crippen molar-refractivity contribution in [1.82, 2.24) is 0 Å². The maximum absolute atomic E-state index is 12.3. The lowest BCUT2D eigenvalue weighted by Gasteiger charge is -2.08. The molecule has 5 nitrogen and oxygen atoms in total. The first-order chi connectivity index (χ1) is 9.29. The summed E-state index contributed by atoms with van der Waals surface area (Å²) in [6, 6.07) is 7.71. The Morgan fingerprint density at radius 1 is 1.25 bits per heavy atom. The van der Waals surface area contributed by atoms with Crippen LogP contribution in [0.5, 0.6) is 0 Å². The van der Waals surface area contributed by atoms with Crippen molar-refractivity contribution in [2.75, 3.05) is 4.72 Å². The van der Waals surface area contributed by atoms with Gasteiger partial charge in [-0.05, 0) is 38.1 Å². The van der Waals surface area contributed by atoms with Gasteiger partial charge in [-0.25, -0.2) is 8.42 Å². The molecule has 0 bridgehead atoms. The number of nitrogens with one attached hydrogen (secondary N) is 1. The van der Waals surface area contributed by atoms with E-state index in [9.17, 15) is 13.2 Å². The third-order valence-corrected chi connectivity index (χ3v) is 5.29. The topological polar surface area (TPSA) is 89.3 Å². The second-order valence-electron chi connectivity index (χ2n) is 4.33. The van der Waals surface area contributed by atoms with Crippen LogP contribution < -0.4 is 10.5 Å². The van der Waals surface area contributed by atoms with Crippen molar-refractivity contribution < 1.29 is 13.2 Å². The third-order valence-electron chi connectivity index (χ3n) is 2.68. The van der Waals surface area contributed by atoms with Crippen LogP contribution in [0.2, 0.25) is 0 Å². The number of thiophene rings is 1. The van der Waals surface area contributed by atoms with Gasteiger partial charge in [-0.2, -0.15) is 0 Å². The zero-order valence-electron chi connectivity index (χ0n) is 11.0. The van der Waals surface area contributed by atoms with Gasteiger partial charge in [0.15, 0.2) is 0 Å². The number of hydrogen-bond acceptors (Lipinski definition) is 4. The first-order valence-electron chi connectivity index (χ1n) is 5.79. The van der Waals surface area contributed by atoms with Gasteiger partial charge in [0.25, 0.3) is 10.0 Å². The van der Waals surface area contributed by atoms with E-state index < -0.39 is 15.9 Å². The molecular formula is C13H14N2O3S2. The fourth-order valence-electron chi connectivity index (χ4n) is 1.82. The summed E-state index contributed by atoms with van der Waals surface area (Å²) in [5.41, 5.74) is 5.73. The second-order valence-corrected chi connectivity index (χ2v) is 7.44. The molecule has 0 radical (unpaired) electrons. The number of nitrogens with two attached hydrogens (primary N) is 1. The molecule has 0 aliphatic heterocycles. The predicted octanol–water partition coefficient (Wildman–Crippen LogP) is 2.26. The molecule has 1 heterocycles. The summed E-state index contributed by atoms with van der Waals surface area (Å²) in [5.74, 6) is -0.603. The van der Waals surface area contributed by atoms with Gasteiger partial charge in [0.2, 0.25) is 5.91 Å². The number of rotatable bonds is 4. The van der Waals surface area contributed by atoms with Gasteiger partial charge in [-0.15, -0.1) is 11.3 Å². The molecule has 0 saturated carbocycles. The smallest absolute Gasteiger partial charge is 0.262 e. The minimum Gasteiger partial charge on any atom is -0.366 e. The van der Waals surface area contributed by atoms with Crippen LogP contribution in [0.25, 0.3) is 0 Å². The van der Waals surface area contributed by atoms with Gasteiger partial charge in [0.1, 0.15) is 4.90 Å². The maximum atomic E-state index is 12.3. The summed E-state index contributed by atoms with van der Waals surface area (Å²) >= 11 is 1.42. The highest BCUT2D eigenvalue weighted by Crippen LogP contribution is 2.26. The lowest BCUT2D eigenvalue weighted by molar-refractivity contribution is 0.100. The predicted molar refractivity (Wildman–Crippen MR) is 79.6 cm³/mol. The number of amides is 1. The number of primary amides is 1. The molecule has 3 N–H and O–H groups in total. The maximum Gasteiger partial charge on any atom is 0.262 e. The number of benzene rings is 1. The minimum absolute atomic E-state index is 0.253. The van der Waals surface area contributed by atoms with Crippen molar-refractivity contribution in [2.45, 2.75) is 18.7 Å². The SMILES string of the molecule is Cc1cc(S(=O)(=O)Nc2cccc(C(N)=O)c2)c(C)s1. The largest absolute Gasteiger partial charge is 0.366 e. The second kappa shape index (κ2) is 5.26. The van der Waals surface area contributed by atoms with E-state index in [0.717, 1.165) is 9.75 Å². The zero-order chi connectivity index (χ0) is 14.9. The molecule has 20 heavy (non-hydrogen) atoms. The Bertz CT molecular complexity index is 764. The van der Waals surface area contributed by atoms with Crippen LogP contribution in [0, 0.1) is 13.8 Å². The molecule has 0 unspecified atom stereocenters. The van der Waals surface area contributed by atoms with Crippen LogP contribution >= 0.6 is 11.3 Å². The van der Waals surface area contributed by atoms with E-state index in [2.05, 4.69) is 4.72 Å². The Kier molecular flexibility index (Phi) is 3.82. The van der Waals surface area contributed by atoms with Crippen molar-refractivity contribution in [2.24, 2.45) is 5.73 Å². The van der Waals surface area contributed by atoms with E-state index in [0.29, 0.717) is 5.69 Å². The van der Waals surface area contributed by atoms with Crippen LogP contribution in [0.1, 0.15) is 20.1 Å². The monoisotopic (exact) mass is 310 g/mol. The van der Waals surface area contributed by atoms with Crippen molar-refractivity contribution in [1.29, 1.82) is 0 Å². The first kappa shape index (κ1) is 14.5. The van der Waals surface area contributed by atoms with Gasteiger partial charge in [0, 0.05) is 21.0 Å². The lowest BCUT2D eigenvalue weighted by Crippen LogP contribution is -2.15. The van der Waals surface area contributed by atoms with Crippen LogP contribution in [0.4, 0.5) is 5.69 Å². The van der Waals surface area contributed by atoms with Crippen LogP contribution in [-0.4, -0.2) is 14.3 Å². The van der Waals surface area contributed by atoms with Gasteiger partial charge in [-0.1, -0.05) is 6.07 Å². The van der Waals surface area contributed by atoms with Crippen molar-refractivity contribution in [3.8, 4) is 0 Å². The molecule has 7 heteroatoms. The summed E-state index contributed by atoms with van der Waals surface area (Å²) < 4.78 is 27.0. The zero-order valence-corrected chi connectivity index (χ0v) is 12.6. The minimum atomic E-state index is -3.66. The molecule has 1 amide bonds. The Morgan fingerprint density at radius 3 is 2.50 bits per heavy atom. The van der Waals surface area contributed by atoms with E-state index in [1.54, 1.807) is 25.1 Å². The van der Waals surface area contributed by atoms with E-state index in [1.165, 1.54) is 23.5 Å². The van der Waals surface area contributed by atoms with E-state index in [1.807, 2.05) is 6.92 Å².